The first kappa shape index (κ1) is 13.4. The van der Waals surface area contributed by atoms with Crippen LogP contribution in [0.2, 0.25) is 0 Å². The number of carboxylic acid groups (broad SMARTS) is 1. The smallest absolute Gasteiger partial charge is 0.448 e. The molecule has 0 aliphatic carbocycles. The molecule has 17 heavy (non-hydrogen) atoms. The lowest BCUT2D eigenvalue weighted by Gasteiger charge is -2.08. The van der Waals surface area contributed by atoms with Crippen molar-refractivity contribution in [3.05, 3.63) is 0 Å². The summed E-state index contributed by atoms with van der Waals surface area (Å²) in [7, 11) is 0. The highest BCUT2D eigenvalue weighted by Crippen LogP contribution is 2.11. The molecule has 1 atom stereocenters. The van der Waals surface area contributed by atoms with E-state index >= 15 is 0 Å². The maximum absolute atomic E-state index is 10.6. The number of aliphatic hydroxyl groups excluding tert-OH is 1. The Morgan fingerprint density at radius 1 is 1.35 bits per heavy atom. The largest absolute Gasteiger partial charge is 0.531 e. The molecule has 2 heterocycles. The van der Waals surface area contributed by atoms with Gasteiger partial charge in [-0.15, -0.1) is 0 Å². The van der Waals surface area contributed by atoms with E-state index in [1.807, 2.05) is 0 Å². The Bertz CT molecular complexity index is 294. The van der Waals surface area contributed by atoms with Crippen molar-refractivity contribution in [2.75, 3.05) is 13.2 Å². The fourth-order valence-electron chi connectivity index (χ4n) is 1.26. The van der Waals surface area contributed by atoms with Crippen molar-refractivity contribution in [1.82, 2.24) is 5.06 Å². The molecular weight excluding hydrogens is 234 g/mol. The number of carbonyl (C=O) groups excluding carboxylic acids is 2. The predicted molar refractivity (Wildman–Crippen MR) is 51.6 cm³/mol. The van der Waals surface area contributed by atoms with E-state index < -0.39 is 18.0 Å². The number of imide groups is 1. The summed E-state index contributed by atoms with van der Waals surface area (Å²) in [6.45, 7) is 1.28. The highest BCUT2D eigenvalue weighted by Gasteiger charge is 2.32. The van der Waals surface area contributed by atoms with Crippen LogP contribution >= 0.6 is 0 Å². The molecule has 2 aliphatic heterocycles. The highest BCUT2D eigenvalue weighted by atomic mass is 16.8. The average molecular weight is 247 g/mol. The molecule has 0 radical (unpaired) electrons. The third kappa shape index (κ3) is 4.37. The minimum atomic E-state index is -1.66. The summed E-state index contributed by atoms with van der Waals surface area (Å²) in [5.74, 6) is -1.23. The first-order chi connectivity index (χ1) is 8.00. The summed E-state index contributed by atoms with van der Waals surface area (Å²) < 4.78 is 4.81. The van der Waals surface area contributed by atoms with Crippen LogP contribution in [0.15, 0.2) is 0 Å². The monoisotopic (exact) mass is 247 g/mol. The van der Waals surface area contributed by atoms with Gasteiger partial charge in [0.25, 0.3) is 11.8 Å². The number of hydroxylamine groups is 2. The van der Waals surface area contributed by atoms with Crippen LogP contribution in [0.4, 0.5) is 4.79 Å². The van der Waals surface area contributed by atoms with Crippen molar-refractivity contribution < 1.29 is 34.2 Å². The lowest BCUT2D eigenvalue weighted by atomic mass is 10.3. The van der Waals surface area contributed by atoms with Gasteiger partial charge in [0.2, 0.25) is 0 Å². The van der Waals surface area contributed by atoms with Gasteiger partial charge in [0.1, 0.15) is 0 Å². The summed E-state index contributed by atoms with van der Waals surface area (Å²) in [6.07, 6.45) is -0.975. The lowest BCUT2D eigenvalue weighted by Crippen LogP contribution is -2.31. The van der Waals surface area contributed by atoms with Crippen molar-refractivity contribution in [3.8, 4) is 0 Å². The molecule has 2 amide bonds. The maximum atomic E-state index is 10.6. The standard InChI is InChI=1S/C5H5NO5.C4H8O2/c7-3-1-2-4(8)6(3)11-5(9)10;5-4-1-2-6-3-4/h1-2H2,(H,9,10);4-5H,1-3H2. The Labute approximate surface area is 96.7 Å². The molecule has 0 aromatic carbocycles. The Balaban J connectivity index is 0.000000202. The fraction of sp³-hybridized carbons (Fsp3) is 0.667. The summed E-state index contributed by atoms with van der Waals surface area (Å²) in [5.41, 5.74) is 0. The van der Waals surface area contributed by atoms with Crippen molar-refractivity contribution >= 4 is 18.0 Å². The molecule has 0 aromatic rings. The second-order valence-electron chi connectivity index (χ2n) is 3.46. The van der Waals surface area contributed by atoms with Crippen molar-refractivity contribution in [1.29, 1.82) is 0 Å². The molecule has 8 nitrogen and oxygen atoms in total. The zero-order valence-electron chi connectivity index (χ0n) is 9.00. The van der Waals surface area contributed by atoms with Gasteiger partial charge in [0, 0.05) is 19.4 Å². The Kier molecular flexibility index (Phi) is 4.85. The molecule has 1 unspecified atom stereocenters. The topological polar surface area (TPSA) is 113 Å². The van der Waals surface area contributed by atoms with E-state index in [2.05, 4.69) is 4.84 Å². The number of rotatable bonds is 1. The molecule has 0 aromatic heterocycles. The zero-order valence-corrected chi connectivity index (χ0v) is 9.00. The number of ether oxygens (including phenoxy) is 1. The molecular formula is C9H13NO7. The summed E-state index contributed by atoms with van der Waals surface area (Å²) in [6, 6.07) is 0. The van der Waals surface area contributed by atoms with Crippen molar-refractivity contribution in [2.24, 2.45) is 0 Å². The maximum Gasteiger partial charge on any atom is 0.531 e. The minimum Gasteiger partial charge on any atom is -0.448 e. The highest BCUT2D eigenvalue weighted by molar-refractivity contribution is 6.01. The van der Waals surface area contributed by atoms with Crippen LogP contribution in [0, 0.1) is 0 Å². The van der Waals surface area contributed by atoms with Crippen LogP contribution in [0.25, 0.3) is 0 Å². The van der Waals surface area contributed by atoms with Gasteiger partial charge in [0.15, 0.2) is 0 Å². The SMILES string of the molecule is O=C(O)ON1C(=O)CCC1=O.OC1CCOC1. The van der Waals surface area contributed by atoms with Gasteiger partial charge in [-0.1, -0.05) is 5.06 Å². The number of amides is 2. The molecule has 8 heteroatoms. The second-order valence-corrected chi connectivity index (χ2v) is 3.46. The van der Waals surface area contributed by atoms with E-state index in [1.54, 1.807) is 0 Å². The Hall–Kier alpha value is -1.67. The molecule has 2 aliphatic rings. The van der Waals surface area contributed by atoms with Gasteiger partial charge < -0.3 is 14.9 Å². The minimum absolute atomic E-state index is 0.0200. The van der Waals surface area contributed by atoms with Crippen LogP contribution in [-0.2, 0) is 19.2 Å². The summed E-state index contributed by atoms with van der Waals surface area (Å²) in [4.78, 5) is 35.0. The van der Waals surface area contributed by atoms with Gasteiger partial charge in [-0.2, -0.15) is 0 Å². The summed E-state index contributed by atoms with van der Waals surface area (Å²) >= 11 is 0. The molecule has 96 valence electrons. The first-order valence-electron chi connectivity index (χ1n) is 5.03. The fourth-order valence-corrected chi connectivity index (χ4v) is 1.26. The van der Waals surface area contributed by atoms with Gasteiger partial charge in [0.05, 0.1) is 12.7 Å². The Morgan fingerprint density at radius 2 is 1.94 bits per heavy atom. The summed E-state index contributed by atoms with van der Waals surface area (Å²) in [5, 5.41) is 16.9. The first-order valence-corrected chi connectivity index (χ1v) is 5.03. The van der Waals surface area contributed by atoms with Crippen LogP contribution in [0.1, 0.15) is 19.3 Å². The molecule has 0 bridgehead atoms. The number of hydrogen-bond donors (Lipinski definition) is 2. The van der Waals surface area contributed by atoms with Crippen LogP contribution in [0.3, 0.4) is 0 Å². The van der Waals surface area contributed by atoms with E-state index in [9.17, 15) is 14.4 Å². The number of aliphatic hydroxyl groups is 1. The molecule has 2 rings (SSSR count). The lowest BCUT2D eigenvalue weighted by molar-refractivity contribution is -0.175. The van der Waals surface area contributed by atoms with E-state index in [1.165, 1.54) is 0 Å². The third-order valence-corrected chi connectivity index (χ3v) is 2.08. The Morgan fingerprint density at radius 3 is 2.24 bits per heavy atom. The van der Waals surface area contributed by atoms with E-state index in [-0.39, 0.29) is 24.0 Å². The molecule has 2 fully saturated rings. The third-order valence-electron chi connectivity index (χ3n) is 2.08. The van der Waals surface area contributed by atoms with Crippen LogP contribution in [0.5, 0.6) is 0 Å². The van der Waals surface area contributed by atoms with Crippen molar-refractivity contribution in [3.63, 3.8) is 0 Å². The van der Waals surface area contributed by atoms with Gasteiger partial charge in [-0.05, 0) is 6.42 Å². The molecule has 2 saturated heterocycles. The van der Waals surface area contributed by atoms with E-state index in [0.29, 0.717) is 6.61 Å². The van der Waals surface area contributed by atoms with E-state index in [0.717, 1.165) is 13.0 Å². The second kappa shape index (κ2) is 6.16. The van der Waals surface area contributed by atoms with Crippen LogP contribution < -0.4 is 0 Å². The van der Waals surface area contributed by atoms with Crippen molar-refractivity contribution in [2.45, 2.75) is 25.4 Å². The zero-order chi connectivity index (χ0) is 12.8. The van der Waals surface area contributed by atoms with E-state index in [4.69, 9.17) is 14.9 Å². The molecule has 2 N–H and O–H groups in total. The van der Waals surface area contributed by atoms with Crippen LogP contribution in [-0.4, -0.2) is 52.6 Å². The normalized spacial score (nSPS) is 23.4. The van der Waals surface area contributed by atoms with Gasteiger partial charge in [-0.3, -0.25) is 14.4 Å². The predicted octanol–water partition coefficient (Wildman–Crippen LogP) is -0.487. The molecule has 0 spiro atoms. The number of carbonyl (C=O) groups is 3. The quantitative estimate of drug-likeness (QED) is 0.601. The molecule has 0 saturated carbocycles. The van der Waals surface area contributed by atoms with Gasteiger partial charge in [-0.25, -0.2) is 4.79 Å². The number of nitrogens with zero attached hydrogens (tertiary/aromatic N) is 1. The van der Waals surface area contributed by atoms with Gasteiger partial charge >= 0.3 is 6.16 Å². The average Bonchev–Trinajstić information content (AvgIpc) is 2.83. The number of hydrogen-bond acceptors (Lipinski definition) is 6.